The molecule has 2 amide bonds. The van der Waals surface area contributed by atoms with Crippen LogP contribution in [0.5, 0.6) is 0 Å². The van der Waals surface area contributed by atoms with Gasteiger partial charge in [-0.2, -0.15) is 0 Å². The van der Waals surface area contributed by atoms with Crippen molar-refractivity contribution in [1.29, 1.82) is 0 Å². The van der Waals surface area contributed by atoms with Crippen LogP contribution in [0.1, 0.15) is 43.7 Å². The number of carbonyl (C=O) groups excluding carboxylic acids is 2. The number of carbonyl (C=O) groups is 3. The van der Waals surface area contributed by atoms with E-state index in [2.05, 4.69) is 34.9 Å². The first-order valence-electron chi connectivity index (χ1n) is 10.5. The number of rotatable bonds is 9. The van der Waals surface area contributed by atoms with E-state index in [0.717, 1.165) is 11.1 Å². The summed E-state index contributed by atoms with van der Waals surface area (Å²) in [6.45, 7) is 3.75. The maximum Gasteiger partial charge on any atom is 0.407 e. The van der Waals surface area contributed by atoms with Crippen LogP contribution in [0, 0.1) is 5.92 Å². The van der Waals surface area contributed by atoms with Crippen LogP contribution in [-0.2, 0) is 14.3 Å². The summed E-state index contributed by atoms with van der Waals surface area (Å²) in [6.07, 6.45) is 0.111. The van der Waals surface area contributed by atoms with Crippen molar-refractivity contribution < 1.29 is 24.2 Å². The van der Waals surface area contributed by atoms with Crippen molar-refractivity contribution >= 4 is 18.0 Å². The summed E-state index contributed by atoms with van der Waals surface area (Å²) >= 11 is 0. The Morgan fingerprint density at radius 1 is 1.00 bits per heavy atom. The Kier molecular flexibility index (Phi) is 7.28. The van der Waals surface area contributed by atoms with Crippen LogP contribution in [0.25, 0.3) is 11.1 Å². The summed E-state index contributed by atoms with van der Waals surface area (Å²) in [7, 11) is 0. The van der Waals surface area contributed by atoms with Crippen LogP contribution in [-0.4, -0.2) is 42.3 Å². The Hall–Kier alpha value is -3.35. The van der Waals surface area contributed by atoms with Crippen molar-refractivity contribution in [2.45, 2.75) is 38.6 Å². The Morgan fingerprint density at radius 2 is 1.58 bits per heavy atom. The maximum atomic E-state index is 12.1. The van der Waals surface area contributed by atoms with Gasteiger partial charge in [-0.1, -0.05) is 48.5 Å². The Bertz CT molecular complexity index is 913. The molecular formula is C24H28N2O5. The first-order valence-corrected chi connectivity index (χ1v) is 10.5. The lowest BCUT2D eigenvalue weighted by Crippen LogP contribution is -2.40. The van der Waals surface area contributed by atoms with E-state index in [9.17, 15) is 14.4 Å². The van der Waals surface area contributed by atoms with Crippen molar-refractivity contribution in [1.82, 2.24) is 10.6 Å². The molecule has 164 valence electrons. The maximum absolute atomic E-state index is 12.1. The Morgan fingerprint density at radius 3 is 2.16 bits per heavy atom. The van der Waals surface area contributed by atoms with E-state index < -0.39 is 24.0 Å². The van der Waals surface area contributed by atoms with Crippen molar-refractivity contribution in [3.8, 4) is 11.1 Å². The summed E-state index contributed by atoms with van der Waals surface area (Å²) in [5, 5.41) is 14.3. The molecule has 31 heavy (non-hydrogen) atoms. The molecule has 2 atom stereocenters. The normalized spacial score (nSPS) is 14.1. The molecule has 3 rings (SSSR count). The van der Waals surface area contributed by atoms with Gasteiger partial charge < -0.3 is 20.5 Å². The molecule has 0 saturated heterocycles. The molecule has 0 heterocycles. The predicted molar refractivity (Wildman–Crippen MR) is 117 cm³/mol. The minimum atomic E-state index is -0.954. The highest BCUT2D eigenvalue weighted by molar-refractivity contribution is 5.79. The summed E-state index contributed by atoms with van der Waals surface area (Å²) in [5.41, 5.74) is 4.64. The topological polar surface area (TPSA) is 105 Å². The largest absolute Gasteiger partial charge is 0.481 e. The van der Waals surface area contributed by atoms with E-state index in [1.807, 2.05) is 24.3 Å². The third-order valence-electron chi connectivity index (χ3n) is 5.72. The van der Waals surface area contributed by atoms with Gasteiger partial charge in [-0.15, -0.1) is 0 Å². The number of alkyl carbamates (subject to hydrolysis) is 1. The zero-order valence-corrected chi connectivity index (χ0v) is 17.8. The second-order valence-corrected chi connectivity index (χ2v) is 7.84. The molecule has 0 aliphatic heterocycles. The van der Waals surface area contributed by atoms with Gasteiger partial charge in [-0.25, -0.2) is 4.79 Å². The molecule has 7 heteroatoms. The lowest BCUT2D eigenvalue weighted by molar-refractivity contribution is -0.142. The van der Waals surface area contributed by atoms with Gasteiger partial charge in [0.1, 0.15) is 6.61 Å². The first kappa shape index (κ1) is 22.3. The van der Waals surface area contributed by atoms with Crippen LogP contribution in [0.2, 0.25) is 0 Å². The fourth-order valence-corrected chi connectivity index (χ4v) is 3.75. The average Bonchev–Trinajstić information content (AvgIpc) is 3.08. The molecule has 3 N–H and O–H groups in total. The van der Waals surface area contributed by atoms with E-state index in [1.165, 1.54) is 11.1 Å². The van der Waals surface area contributed by atoms with Crippen LogP contribution in [0.4, 0.5) is 4.79 Å². The van der Waals surface area contributed by atoms with E-state index in [-0.39, 0.29) is 24.9 Å². The molecule has 1 aliphatic rings. The average molecular weight is 424 g/mol. The number of aliphatic carboxylic acids is 1. The number of ether oxygens (including phenoxy) is 1. The van der Waals surface area contributed by atoms with Crippen molar-refractivity contribution in [3.63, 3.8) is 0 Å². The quantitative estimate of drug-likeness (QED) is 0.534. The number of nitrogens with one attached hydrogen (secondary N) is 2. The molecule has 7 nitrogen and oxygen atoms in total. The summed E-state index contributed by atoms with van der Waals surface area (Å²) < 4.78 is 5.45. The molecule has 0 saturated carbocycles. The van der Waals surface area contributed by atoms with E-state index in [1.54, 1.807) is 13.8 Å². The molecule has 0 bridgehead atoms. The minimum absolute atomic E-state index is 0.00152. The summed E-state index contributed by atoms with van der Waals surface area (Å²) in [4.78, 5) is 35.0. The molecule has 2 unspecified atom stereocenters. The molecule has 2 aromatic carbocycles. The Balaban J connectivity index is 1.41. The number of hydrogen-bond donors (Lipinski definition) is 3. The van der Waals surface area contributed by atoms with Crippen LogP contribution in [0.15, 0.2) is 48.5 Å². The number of fused-ring (bicyclic) bond motifs is 3. The van der Waals surface area contributed by atoms with Gasteiger partial charge in [-0.05, 0) is 42.5 Å². The molecule has 2 aromatic rings. The van der Waals surface area contributed by atoms with Gasteiger partial charge in [0.15, 0.2) is 0 Å². The Labute approximate surface area is 181 Å². The minimum Gasteiger partial charge on any atom is -0.481 e. The van der Waals surface area contributed by atoms with E-state index in [0.29, 0.717) is 13.0 Å². The number of amides is 2. The fraction of sp³-hybridized carbons (Fsp3) is 0.375. The standard InChI is InChI=1S/C24H28N2O5/c1-15(23(28)29)16(2)26-22(27)12-7-13-25-24(30)31-14-21-19-10-5-3-8-17(19)18-9-4-6-11-20(18)21/h3-6,8-11,15-16,21H,7,12-14H2,1-2H3,(H,25,30)(H,26,27)(H,28,29). The SMILES string of the molecule is CC(NC(=O)CCCNC(=O)OCC1c2ccccc2-c2ccccc21)C(C)C(=O)O. The van der Waals surface area contributed by atoms with Crippen molar-refractivity contribution in [2.75, 3.05) is 13.2 Å². The van der Waals surface area contributed by atoms with Crippen molar-refractivity contribution in [3.05, 3.63) is 59.7 Å². The van der Waals surface area contributed by atoms with Crippen LogP contribution < -0.4 is 10.6 Å². The third kappa shape index (κ3) is 5.42. The molecule has 0 fully saturated rings. The van der Waals surface area contributed by atoms with Gasteiger partial charge in [0.05, 0.1) is 5.92 Å². The number of benzene rings is 2. The van der Waals surface area contributed by atoms with Gasteiger partial charge in [0, 0.05) is 24.9 Å². The summed E-state index contributed by atoms with van der Waals surface area (Å²) in [6, 6.07) is 15.8. The molecule has 0 aromatic heterocycles. The highest BCUT2D eigenvalue weighted by Crippen LogP contribution is 2.44. The van der Waals surface area contributed by atoms with Gasteiger partial charge in [0.25, 0.3) is 0 Å². The van der Waals surface area contributed by atoms with Crippen LogP contribution in [0.3, 0.4) is 0 Å². The third-order valence-corrected chi connectivity index (χ3v) is 5.72. The highest BCUT2D eigenvalue weighted by Gasteiger charge is 2.29. The smallest absolute Gasteiger partial charge is 0.407 e. The van der Waals surface area contributed by atoms with Gasteiger partial charge in [0.2, 0.25) is 5.91 Å². The zero-order chi connectivity index (χ0) is 22.4. The second-order valence-electron chi connectivity index (χ2n) is 7.84. The van der Waals surface area contributed by atoms with E-state index in [4.69, 9.17) is 9.84 Å². The first-order chi connectivity index (χ1) is 14.9. The summed E-state index contributed by atoms with van der Waals surface area (Å²) in [5.74, 6) is -1.86. The second kappa shape index (κ2) is 10.1. The van der Waals surface area contributed by atoms with E-state index >= 15 is 0 Å². The van der Waals surface area contributed by atoms with Gasteiger partial charge in [-0.3, -0.25) is 9.59 Å². The monoisotopic (exact) mass is 424 g/mol. The highest BCUT2D eigenvalue weighted by atomic mass is 16.5. The van der Waals surface area contributed by atoms with Crippen LogP contribution >= 0.6 is 0 Å². The predicted octanol–water partition coefficient (Wildman–Crippen LogP) is 3.53. The number of hydrogen-bond acceptors (Lipinski definition) is 4. The zero-order valence-electron chi connectivity index (χ0n) is 17.8. The van der Waals surface area contributed by atoms with Crippen molar-refractivity contribution in [2.24, 2.45) is 5.92 Å². The number of carboxylic acids is 1. The molecular weight excluding hydrogens is 396 g/mol. The molecule has 0 radical (unpaired) electrons. The lowest BCUT2D eigenvalue weighted by atomic mass is 9.98. The lowest BCUT2D eigenvalue weighted by Gasteiger charge is -2.17. The molecule has 0 spiro atoms. The van der Waals surface area contributed by atoms with Gasteiger partial charge >= 0.3 is 12.1 Å². The molecule has 1 aliphatic carbocycles. The number of carboxylic acid groups (broad SMARTS) is 1. The fourth-order valence-electron chi connectivity index (χ4n) is 3.75.